The van der Waals surface area contributed by atoms with Gasteiger partial charge in [0, 0.05) is 6.54 Å². The van der Waals surface area contributed by atoms with Gasteiger partial charge in [0.05, 0.1) is 11.1 Å². The molecular weight excluding hydrogens is 217 g/mol. The number of nitrogens with one attached hydrogen (secondary N) is 1. The molecule has 2 nitrogen and oxygen atoms in total. The lowest BCUT2D eigenvalue weighted by Gasteiger charge is -2.43. The highest BCUT2D eigenvalue weighted by Crippen LogP contribution is 2.35. The Balaban J connectivity index is 2.36. The third-order valence-electron chi connectivity index (χ3n) is 3.11. The number of hydrogen-bond donors (Lipinski definition) is 2. The number of nitrogens with two attached hydrogens (primary N) is 1. The van der Waals surface area contributed by atoms with Gasteiger partial charge in [0.1, 0.15) is 0 Å². The Kier molecular flexibility index (Phi) is 2.67. The van der Waals surface area contributed by atoms with Crippen molar-refractivity contribution in [3.8, 4) is 0 Å². The summed E-state index contributed by atoms with van der Waals surface area (Å²) >= 11 is 0. The summed E-state index contributed by atoms with van der Waals surface area (Å²) in [5.41, 5.74) is 5.16. The van der Waals surface area contributed by atoms with Crippen LogP contribution in [0.1, 0.15) is 17.5 Å². The van der Waals surface area contributed by atoms with Crippen LogP contribution in [0.25, 0.3) is 0 Å². The number of halogens is 3. The molecule has 88 valence electrons. The number of alkyl halides is 3. The third-order valence-corrected chi connectivity index (χ3v) is 3.11. The zero-order valence-electron chi connectivity index (χ0n) is 8.64. The van der Waals surface area contributed by atoms with E-state index in [1.165, 1.54) is 12.1 Å². The standard InChI is InChI=1S/C11H13F3N2/c12-11(13,14)9-3-1-2-8(6-9)10(7-15)4-5-16-10/h1-3,6,16H,4-5,7,15H2. The van der Waals surface area contributed by atoms with Gasteiger partial charge in [0.25, 0.3) is 0 Å². The molecule has 0 radical (unpaired) electrons. The molecule has 0 saturated carbocycles. The first-order valence-corrected chi connectivity index (χ1v) is 5.11. The number of hydrogen-bond acceptors (Lipinski definition) is 2. The average molecular weight is 230 g/mol. The van der Waals surface area contributed by atoms with Gasteiger partial charge >= 0.3 is 6.18 Å². The molecule has 16 heavy (non-hydrogen) atoms. The fraction of sp³-hybridized carbons (Fsp3) is 0.455. The summed E-state index contributed by atoms with van der Waals surface area (Å²) in [6.45, 7) is 1.11. The Morgan fingerprint density at radius 3 is 2.50 bits per heavy atom. The van der Waals surface area contributed by atoms with Crippen molar-refractivity contribution < 1.29 is 13.2 Å². The fourth-order valence-electron chi connectivity index (χ4n) is 1.96. The summed E-state index contributed by atoms with van der Waals surface area (Å²) in [6.07, 6.45) is -3.51. The van der Waals surface area contributed by atoms with Crippen molar-refractivity contribution in [1.29, 1.82) is 0 Å². The molecule has 1 aliphatic heterocycles. The quantitative estimate of drug-likeness (QED) is 0.813. The highest BCUT2D eigenvalue weighted by atomic mass is 19.4. The second-order valence-corrected chi connectivity index (χ2v) is 4.04. The molecule has 0 spiro atoms. The summed E-state index contributed by atoms with van der Waals surface area (Å²) in [6, 6.07) is 5.37. The molecule has 2 rings (SSSR count). The van der Waals surface area contributed by atoms with E-state index in [1.807, 2.05) is 0 Å². The fourth-order valence-corrected chi connectivity index (χ4v) is 1.96. The van der Waals surface area contributed by atoms with Crippen molar-refractivity contribution in [3.63, 3.8) is 0 Å². The van der Waals surface area contributed by atoms with Crippen molar-refractivity contribution >= 4 is 0 Å². The van der Waals surface area contributed by atoms with Crippen LogP contribution in [0, 0.1) is 0 Å². The molecule has 1 aromatic rings. The molecule has 1 aliphatic rings. The van der Waals surface area contributed by atoms with Crippen LogP contribution in [0.4, 0.5) is 13.2 Å². The maximum atomic E-state index is 12.5. The SMILES string of the molecule is NCC1(c2cccc(C(F)(F)F)c2)CCN1. The van der Waals surface area contributed by atoms with Gasteiger partial charge in [-0.15, -0.1) is 0 Å². The van der Waals surface area contributed by atoms with Crippen LogP contribution < -0.4 is 11.1 Å². The van der Waals surface area contributed by atoms with Gasteiger partial charge in [-0.1, -0.05) is 12.1 Å². The molecule has 1 unspecified atom stereocenters. The lowest BCUT2D eigenvalue weighted by atomic mass is 9.80. The Morgan fingerprint density at radius 1 is 1.38 bits per heavy atom. The molecule has 1 saturated heterocycles. The van der Waals surface area contributed by atoms with Crippen LogP contribution >= 0.6 is 0 Å². The molecule has 5 heteroatoms. The van der Waals surface area contributed by atoms with Crippen LogP contribution in [0.15, 0.2) is 24.3 Å². The van der Waals surface area contributed by atoms with Crippen LogP contribution in [-0.2, 0) is 11.7 Å². The van der Waals surface area contributed by atoms with Crippen LogP contribution in [0.3, 0.4) is 0 Å². The first-order valence-electron chi connectivity index (χ1n) is 5.11. The second-order valence-electron chi connectivity index (χ2n) is 4.04. The monoisotopic (exact) mass is 230 g/mol. The Morgan fingerprint density at radius 2 is 2.06 bits per heavy atom. The van der Waals surface area contributed by atoms with E-state index in [-0.39, 0.29) is 0 Å². The smallest absolute Gasteiger partial charge is 0.328 e. The molecule has 0 amide bonds. The summed E-state index contributed by atoms with van der Waals surface area (Å²) in [5, 5.41) is 3.11. The van der Waals surface area contributed by atoms with E-state index < -0.39 is 17.3 Å². The van der Waals surface area contributed by atoms with Gasteiger partial charge in [-0.2, -0.15) is 13.2 Å². The molecule has 1 heterocycles. The third kappa shape index (κ3) is 1.81. The van der Waals surface area contributed by atoms with E-state index in [9.17, 15) is 13.2 Å². The van der Waals surface area contributed by atoms with Gasteiger partial charge < -0.3 is 11.1 Å². The minimum absolute atomic E-state index is 0.314. The maximum Gasteiger partial charge on any atom is 0.416 e. The average Bonchev–Trinajstić information content (AvgIpc) is 2.16. The zero-order valence-corrected chi connectivity index (χ0v) is 8.64. The zero-order chi connectivity index (χ0) is 11.8. The highest BCUT2D eigenvalue weighted by Gasteiger charge is 2.38. The minimum Gasteiger partial charge on any atom is -0.328 e. The molecular formula is C11H13F3N2. The molecule has 1 fully saturated rings. The van der Waals surface area contributed by atoms with Crippen molar-refractivity contribution in [3.05, 3.63) is 35.4 Å². The topological polar surface area (TPSA) is 38.0 Å². The van der Waals surface area contributed by atoms with E-state index >= 15 is 0 Å². The second kappa shape index (κ2) is 3.75. The molecule has 0 aromatic heterocycles. The van der Waals surface area contributed by atoms with Gasteiger partial charge in [-0.25, -0.2) is 0 Å². The largest absolute Gasteiger partial charge is 0.416 e. The van der Waals surface area contributed by atoms with Gasteiger partial charge in [-0.3, -0.25) is 0 Å². The lowest BCUT2D eigenvalue weighted by molar-refractivity contribution is -0.137. The van der Waals surface area contributed by atoms with Crippen molar-refractivity contribution in [2.24, 2.45) is 5.73 Å². The normalized spacial score (nSPS) is 25.2. The summed E-state index contributed by atoms with van der Waals surface area (Å²) in [7, 11) is 0. The Bertz CT molecular complexity index is 378. The van der Waals surface area contributed by atoms with E-state index in [0.717, 1.165) is 19.0 Å². The summed E-state index contributed by atoms with van der Waals surface area (Å²) < 4.78 is 37.6. The molecule has 3 N–H and O–H groups in total. The number of rotatable bonds is 2. The Hall–Kier alpha value is -1.07. The van der Waals surface area contributed by atoms with E-state index in [2.05, 4.69) is 5.32 Å². The predicted octanol–water partition coefficient (Wildman–Crippen LogP) is 1.85. The van der Waals surface area contributed by atoms with Crippen LogP contribution in [-0.4, -0.2) is 13.1 Å². The summed E-state index contributed by atoms with van der Waals surface area (Å²) in [5.74, 6) is 0. The lowest BCUT2D eigenvalue weighted by Crippen LogP contribution is -2.58. The first-order chi connectivity index (χ1) is 7.48. The van der Waals surface area contributed by atoms with Gasteiger partial charge in [0.2, 0.25) is 0 Å². The maximum absolute atomic E-state index is 12.5. The molecule has 1 aromatic carbocycles. The van der Waals surface area contributed by atoms with E-state index in [1.54, 1.807) is 6.07 Å². The Labute approximate surface area is 91.6 Å². The highest BCUT2D eigenvalue weighted by molar-refractivity contribution is 5.33. The van der Waals surface area contributed by atoms with Gasteiger partial charge in [-0.05, 0) is 30.7 Å². The van der Waals surface area contributed by atoms with Crippen molar-refractivity contribution in [2.45, 2.75) is 18.1 Å². The molecule has 1 atom stereocenters. The van der Waals surface area contributed by atoms with E-state index in [0.29, 0.717) is 12.1 Å². The summed E-state index contributed by atoms with van der Waals surface area (Å²) in [4.78, 5) is 0. The number of benzene rings is 1. The van der Waals surface area contributed by atoms with Crippen LogP contribution in [0.2, 0.25) is 0 Å². The molecule has 0 aliphatic carbocycles. The van der Waals surface area contributed by atoms with E-state index in [4.69, 9.17) is 5.73 Å². The molecule has 0 bridgehead atoms. The van der Waals surface area contributed by atoms with Gasteiger partial charge in [0.15, 0.2) is 0 Å². The first kappa shape index (κ1) is 11.4. The van der Waals surface area contributed by atoms with Crippen molar-refractivity contribution in [2.75, 3.05) is 13.1 Å². The predicted molar refractivity (Wildman–Crippen MR) is 54.8 cm³/mol. The van der Waals surface area contributed by atoms with Crippen LogP contribution in [0.5, 0.6) is 0 Å². The van der Waals surface area contributed by atoms with Crippen molar-refractivity contribution in [1.82, 2.24) is 5.32 Å². The minimum atomic E-state index is -4.30.